The fourth-order valence-corrected chi connectivity index (χ4v) is 2.92. The highest BCUT2D eigenvalue weighted by molar-refractivity contribution is 9.09. The SMILES string of the molecule is CCC(C)C(Br)c1nc(CCN)cs1. The third kappa shape index (κ3) is 3.04. The van der Waals surface area contributed by atoms with Crippen molar-refractivity contribution in [1.82, 2.24) is 4.98 Å². The molecule has 0 bridgehead atoms. The van der Waals surface area contributed by atoms with Gasteiger partial charge in [-0.15, -0.1) is 11.3 Å². The number of rotatable bonds is 5. The molecule has 80 valence electrons. The number of thiazole rings is 1. The summed E-state index contributed by atoms with van der Waals surface area (Å²) in [7, 11) is 0. The lowest BCUT2D eigenvalue weighted by Gasteiger charge is -2.13. The van der Waals surface area contributed by atoms with Crippen LogP contribution >= 0.6 is 27.3 Å². The second kappa shape index (κ2) is 5.83. The van der Waals surface area contributed by atoms with E-state index < -0.39 is 0 Å². The number of hydrogen-bond donors (Lipinski definition) is 1. The largest absolute Gasteiger partial charge is 0.330 e. The summed E-state index contributed by atoms with van der Waals surface area (Å²) in [4.78, 5) is 4.95. The Morgan fingerprint density at radius 3 is 2.93 bits per heavy atom. The Bertz CT molecular complexity index is 275. The van der Waals surface area contributed by atoms with E-state index in [-0.39, 0.29) is 0 Å². The summed E-state index contributed by atoms with van der Waals surface area (Å²) in [5.74, 6) is 0.631. The molecule has 0 saturated heterocycles. The molecular formula is C10H17BrN2S. The van der Waals surface area contributed by atoms with Gasteiger partial charge in [0.1, 0.15) is 5.01 Å². The van der Waals surface area contributed by atoms with Crippen LogP contribution in [0.25, 0.3) is 0 Å². The minimum absolute atomic E-state index is 0.393. The van der Waals surface area contributed by atoms with Crippen molar-refractivity contribution < 1.29 is 0 Å². The second-order valence-corrected chi connectivity index (χ2v) is 5.38. The summed E-state index contributed by atoms with van der Waals surface area (Å²) in [6, 6.07) is 0. The molecule has 1 heterocycles. The molecule has 1 rings (SSSR count). The zero-order valence-corrected chi connectivity index (χ0v) is 11.1. The highest BCUT2D eigenvalue weighted by Crippen LogP contribution is 2.34. The molecule has 0 spiro atoms. The van der Waals surface area contributed by atoms with Gasteiger partial charge < -0.3 is 5.73 Å². The molecule has 0 fully saturated rings. The molecule has 2 atom stereocenters. The van der Waals surface area contributed by atoms with E-state index in [2.05, 4.69) is 40.1 Å². The molecule has 0 aliphatic heterocycles. The van der Waals surface area contributed by atoms with Crippen LogP contribution in [0.1, 0.15) is 35.8 Å². The van der Waals surface area contributed by atoms with Gasteiger partial charge in [0, 0.05) is 11.8 Å². The Labute approximate surface area is 98.1 Å². The summed E-state index contributed by atoms with van der Waals surface area (Å²) < 4.78 is 0. The first-order valence-electron chi connectivity index (χ1n) is 4.97. The van der Waals surface area contributed by atoms with Gasteiger partial charge in [0.05, 0.1) is 10.5 Å². The zero-order valence-electron chi connectivity index (χ0n) is 8.66. The lowest BCUT2D eigenvalue weighted by molar-refractivity contribution is 0.553. The van der Waals surface area contributed by atoms with Crippen LogP contribution in [0.3, 0.4) is 0 Å². The van der Waals surface area contributed by atoms with Crippen molar-refractivity contribution >= 4 is 27.3 Å². The molecule has 4 heteroatoms. The molecule has 1 aromatic rings. The Morgan fingerprint density at radius 1 is 1.64 bits per heavy atom. The van der Waals surface area contributed by atoms with Crippen LogP contribution in [-0.4, -0.2) is 11.5 Å². The molecule has 0 aliphatic carbocycles. The quantitative estimate of drug-likeness (QED) is 0.840. The summed E-state index contributed by atoms with van der Waals surface area (Å²) >= 11 is 5.42. The van der Waals surface area contributed by atoms with Crippen molar-refractivity contribution in [3.8, 4) is 0 Å². The Hall–Kier alpha value is 0.0700. The number of nitrogens with zero attached hydrogens (tertiary/aromatic N) is 1. The van der Waals surface area contributed by atoms with Crippen LogP contribution < -0.4 is 5.73 Å². The minimum atomic E-state index is 0.393. The Kier molecular flexibility index (Phi) is 5.06. The van der Waals surface area contributed by atoms with Crippen molar-refractivity contribution in [3.63, 3.8) is 0 Å². The van der Waals surface area contributed by atoms with Crippen LogP contribution in [0.4, 0.5) is 0 Å². The van der Waals surface area contributed by atoms with Gasteiger partial charge in [-0.1, -0.05) is 36.2 Å². The average Bonchev–Trinajstić information content (AvgIpc) is 2.64. The predicted molar refractivity (Wildman–Crippen MR) is 66.0 cm³/mol. The van der Waals surface area contributed by atoms with Crippen molar-refractivity contribution in [3.05, 3.63) is 16.1 Å². The highest BCUT2D eigenvalue weighted by atomic mass is 79.9. The maximum absolute atomic E-state index is 5.48. The average molecular weight is 277 g/mol. The summed E-state index contributed by atoms with van der Waals surface area (Å²) in [6.45, 7) is 5.12. The lowest BCUT2D eigenvalue weighted by Crippen LogP contribution is -2.04. The van der Waals surface area contributed by atoms with Gasteiger partial charge in [-0.05, 0) is 12.5 Å². The van der Waals surface area contributed by atoms with Gasteiger partial charge in [-0.3, -0.25) is 0 Å². The first kappa shape index (κ1) is 12.1. The number of halogens is 1. The van der Waals surface area contributed by atoms with Crippen LogP contribution in [0.15, 0.2) is 5.38 Å². The molecule has 1 aromatic heterocycles. The van der Waals surface area contributed by atoms with E-state index in [0.717, 1.165) is 12.1 Å². The minimum Gasteiger partial charge on any atom is -0.330 e. The fourth-order valence-electron chi connectivity index (χ4n) is 1.16. The van der Waals surface area contributed by atoms with Gasteiger partial charge in [0.2, 0.25) is 0 Å². The van der Waals surface area contributed by atoms with Crippen molar-refractivity contribution in [2.75, 3.05) is 6.54 Å². The molecule has 2 unspecified atom stereocenters. The Balaban J connectivity index is 2.65. The van der Waals surface area contributed by atoms with E-state index >= 15 is 0 Å². The summed E-state index contributed by atoms with van der Waals surface area (Å²) in [5, 5.41) is 3.29. The molecule has 0 radical (unpaired) electrons. The van der Waals surface area contributed by atoms with E-state index in [1.54, 1.807) is 11.3 Å². The van der Waals surface area contributed by atoms with E-state index in [1.807, 2.05) is 0 Å². The molecular weight excluding hydrogens is 260 g/mol. The number of nitrogens with two attached hydrogens (primary N) is 1. The van der Waals surface area contributed by atoms with E-state index in [1.165, 1.54) is 11.4 Å². The van der Waals surface area contributed by atoms with Gasteiger partial charge >= 0.3 is 0 Å². The number of hydrogen-bond acceptors (Lipinski definition) is 3. The maximum atomic E-state index is 5.48. The highest BCUT2D eigenvalue weighted by Gasteiger charge is 2.17. The van der Waals surface area contributed by atoms with E-state index in [4.69, 9.17) is 5.73 Å². The van der Waals surface area contributed by atoms with Gasteiger partial charge in [0.25, 0.3) is 0 Å². The van der Waals surface area contributed by atoms with Crippen molar-refractivity contribution in [2.24, 2.45) is 11.7 Å². The molecule has 2 nitrogen and oxygen atoms in total. The number of aromatic nitrogens is 1. The standard InChI is InChI=1S/C10H17BrN2S/c1-3-7(2)9(11)10-13-8(4-5-12)6-14-10/h6-7,9H,3-5,12H2,1-2H3. The third-order valence-electron chi connectivity index (χ3n) is 2.35. The lowest BCUT2D eigenvalue weighted by atomic mass is 10.1. The summed E-state index contributed by atoms with van der Waals surface area (Å²) in [5.41, 5.74) is 6.61. The normalized spacial score (nSPS) is 15.4. The fraction of sp³-hybridized carbons (Fsp3) is 0.700. The van der Waals surface area contributed by atoms with E-state index in [9.17, 15) is 0 Å². The topological polar surface area (TPSA) is 38.9 Å². The van der Waals surface area contributed by atoms with Crippen LogP contribution in [0.5, 0.6) is 0 Å². The van der Waals surface area contributed by atoms with Crippen LogP contribution in [-0.2, 0) is 6.42 Å². The van der Waals surface area contributed by atoms with Crippen molar-refractivity contribution in [2.45, 2.75) is 31.5 Å². The van der Waals surface area contributed by atoms with E-state index in [0.29, 0.717) is 17.3 Å². The molecule has 2 N–H and O–H groups in total. The van der Waals surface area contributed by atoms with Gasteiger partial charge in [-0.2, -0.15) is 0 Å². The second-order valence-electron chi connectivity index (χ2n) is 3.50. The zero-order chi connectivity index (χ0) is 10.6. The first-order chi connectivity index (χ1) is 6.69. The molecule has 0 amide bonds. The maximum Gasteiger partial charge on any atom is 0.107 e. The molecule has 0 aliphatic rings. The molecule has 14 heavy (non-hydrogen) atoms. The number of alkyl halides is 1. The monoisotopic (exact) mass is 276 g/mol. The van der Waals surface area contributed by atoms with Crippen LogP contribution in [0.2, 0.25) is 0 Å². The first-order valence-corrected chi connectivity index (χ1v) is 6.77. The third-order valence-corrected chi connectivity index (χ3v) is 4.97. The molecule has 0 aromatic carbocycles. The van der Waals surface area contributed by atoms with Gasteiger partial charge in [0.15, 0.2) is 0 Å². The van der Waals surface area contributed by atoms with Crippen LogP contribution in [0, 0.1) is 5.92 Å². The van der Waals surface area contributed by atoms with Gasteiger partial charge in [-0.25, -0.2) is 4.98 Å². The Morgan fingerprint density at radius 2 is 2.36 bits per heavy atom. The molecule has 0 saturated carbocycles. The smallest absolute Gasteiger partial charge is 0.107 e. The predicted octanol–water partition coefficient (Wildman–Crippen LogP) is 3.13. The van der Waals surface area contributed by atoms with Crippen molar-refractivity contribution in [1.29, 1.82) is 0 Å². The summed E-state index contributed by atoms with van der Waals surface area (Å²) in [6.07, 6.45) is 2.05.